The van der Waals surface area contributed by atoms with Gasteiger partial charge in [-0.2, -0.15) is 4.98 Å². The molecule has 2 heterocycles. The highest BCUT2D eigenvalue weighted by atomic mass is 16.5. The van der Waals surface area contributed by atoms with E-state index >= 15 is 0 Å². The van der Waals surface area contributed by atoms with Gasteiger partial charge in [-0.05, 0) is 6.42 Å². The van der Waals surface area contributed by atoms with Crippen molar-refractivity contribution in [3.05, 3.63) is 29.9 Å². The van der Waals surface area contributed by atoms with Gasteiger partial charge in [0.05, 0.1) is 6.33 Å². The van der Waals surface area contributed by atoms with Gasteiger partial charge in [0.1, 0.15) is 12.2 Å². The van der Waals surface area contributed by atoms with Crippen LogP contribution in [0.4, 0.5) is 0 Å². The van der Waals surface area contributed by atoms with Gasteiger partial charge in [0.25, 0.3) is 0 Å². The Kier molecular flexibility index (Phi) is 3.09. The summed E-state index contributed by atoms with van der Waals surface area (Å²) in [7, 11) is 0. The summed E-state index contributed by atoms with van der Waals surface area (Å²) in [5, 5.41) is 3.84. The molecule has 6 nitrogen and oxygen atoms in total. The number of carbonyl (C=O) groups excluding carboxylic acids is 1. The van der Waals surface area contributed by atoms with Crippen molar-refractivity contribution in [2.75, 3.05) is 0 Å². The molecule has 0 radical (unpaired) electrons. The lowest BCUT2D eigenvalue weighted by Crippen LogP contribution is -1.97. The van der Waals surface area contributed by atoms with Crippen LogP contribution < -0.4 is 0 Å². The SMILES string of the molecule is CCCc1noc(Cn2cnc(C=O)c2)n1. The molecular weight excluding hydrogens is 208 g/mol. The normalized spacial score (nSPS) is 10.6. The minimum atomic E-state index is 0.397. The van der Waals surface area contributed by atoms with E-state index in [0.29, 0.717) is 30.2 Å². The average molecular weight is 220 g/mol. The van der Waals surface area contributed by atoms with Crippen LogP contribution in [0.25, 0.3) is 0 Å². The highest BCUT2D eigenvalue weighted by molar-refractivity contribution is 5.70. The molecule has 2 rings (SSSR count). The van der Waals surface area contributed by atoms with E-state index in [1.54, 1.807) is 17.1 Å². The van der Waals surface area contributed by atoms with E-state index in [1.165, 1.54) is 0 Å². The van der Waals surface area contributed by atoms with Crippen molar-refractivity contribution >= 4 is 6.29 Å². The van der Waals surface area contributed by atoms with Crippen molar-refractivity contribution < 1.29 is 9.32 Å². The van der Waals surface area contributed by atoms with E-state index < -0.39 is 0 Å². The Labute approximate surface area is 92.3 Å². The predicted molar refractivity (Wildman–Crippen MR) is 55.0 cm³/mol. The Morgan fingerprint density at radius 1 is 1.56 bits per heavy atom. The van der Waals surface area contributed by atoms with E-state index in [1.807, 2.05) is 0 Å². The first-order chi connectivity index (χ1) is 7.81. The molecule has 0 bridgehead atoms. The maximum absolute atomic E-state index is 10.4. The van der Waals surface area contributed by atoms with Crippen LogP contribution in [0.5, 0.6) is 0 Å². The quantitative estimate of drug-likeness (QED) is 0.705. The van der Waals surface area contributed by atoms with Crippen molar-refractivity contribution in [3.8, 4) is 0 Å². The number of aromatic nitrogens is 4. The largest absolute Gasteiger partial charge is 0.337 e. The van der Waals surface area contributed by atoms with Gasteiger partial charge in [0.2, 0.25) is 5.89 Å². The van der Waals surface area contributed by atoms with Crippen LogP contribution in [0.3, 0.4) is 0 Å². The minimum Gasteiger partial charge on any atom is -0.337 e. The molecule has 84 valence electrons. The van der Waals surface area contributed by atoms with Gasteiger partial charge in [0.15, 0.2) is 12.1 Å². The zero-order valence-electron chi connectivity index (χ0n) is 8.96. The van der Waals surface area contributed by atoms with Gasteiger partial charge < -0.3 is 9.09 Å². The van der Waals surface area contributed by atoms with Gasteiger partial charge in [-0.25, -0.2) is 4.98 Å². The Balaban J connectivity index is 2.05. The fourth-order valence-electron chi connectivity index (χ4n) is 1.36. The third-order valence-corrected chi connectivity index (χ3v) is 2.08. The molecule has 0 aliphatic rings. The monoisotopic (exact) mass is 220 g/mol. The van der Waals surface area contributed by atoms with E-state index in [4.69, 9.17) is 4.52 Å². The lowest BCUT2D eigenvalue weighted by Gasteiger charge is -1.93. The van der Waals surface area contributed by atoms with Gasteiger partial charge in [-0.1, -0.05) is 12.1 Å². The molecule has 6 heteroatoms. The molecule has 0 saturated carbocycles. The summed E-state index contributed by atoms with van der Waals surface area (Å²) in [6.07, 6.45) is 5.70. The topological polar surface area (TPSA) is 73.8 Å². The number of aldehydes is 1. The molecule has 0 aliphatic carbocycles. The molecule has 0 N–H and O–H groups in total. The molecule has 0 aromatic carbocycles. The average Bonchev–Trinajstić information content (AvgIpc) is 2.89. The summed E-state index contributed by atoms with van der Waals surface area (Å²) in [6, 6.07) is 0. The maximum atomic E-state index is 10.4. The van der Waals surface area contributed by atoms with E-state index in [0.717, 1.165) is 12.8 Å². The minimum absolute atomic E-state index is 0.397. The highest BCUT2D eigenvalue weighted by Gasteiger charge is 2.06. The predicted octanol–water partition coefficient (Wildman–Crippen LogP) is 1.08. The lowest BCUT2D eigenvalue weighted by atomic mass is 10.3. The second-order valence-electron chi connectivity index (χ2n) is 3.44. The smallest absolute Gasteiger partial charge is 0.246 e. The van der Waals surface area contributed by atoms with Gasteiger partial charge >= 0.3 is 0 Å². The molecule has 2 aromatic heterocycles. The summed E-state index contributed by atoms with van der Waals surface area (Å²) < 4.78 is 6.80. The summed E-state index contributed by atoms with van der Waals surface area (Å²) in [5.41, 5.74) is 0.397. The van der Waals surface area contributed by atoms with Crippen LogP contribution >= 0.6 is 0 Å². The molecule has 0 spiro atoms. The molecule has 0 unspecified atom stereocenters. The van der Waals surface area contributed by atoms with Crippen molar-refractivity contribution in [3.63, 3.8) is 0 Å². The van der Waals surface area contributed by atoms with Crippen molar-refractivity contribution in [2.45, 2.75) is 26.3 Å². The standard InChI is InChI=1S/C10H12N4O2/c1-2-3-9-12-10(16-13-9)5-14-4-8(6-15)11-7-14/h4,6-7H,2-3,5H2,1H3. The molecule has 2 aromatic rings. The number of nitrogens with zero attached hydrogens (tertiary/aromatic N) is 4. The molecule has 0 fully saturated rings. The fraction of sp³-hybridized carbons (Fsp3) is 0.400. The third-order valence-electron chi connectivity index (χ3n) is 2.08. The Hall–Kier alpha value is -1.98. The molecular formula is C10H12N4O2. The molecule has 0 amide bonds. The van der Waals surface area contributed by atoms with E-state index in [-0.39, 0.29) is 0 Å². The van der Waals surface area contributed by atoms with Crippen molar-refractivity contribution in [1.82, 2.24) is 19.7 Å². The number of hydrogen-bond donors (Lipinski definition) is 0. The Bertz CT molecular complexity index is 475. The van der Waals surface area contributed by atoms with E-state index in [2.05, 4.69) is 22.0 Å². The van der Waals surface area contributed by atoms with Crippen molar-refractivity contribution in [2.24, 2.45) is 0 Å². The molecule has 0 atom stereocenters. The summed E-state index contributed by atoms with van der Waals surface area (Å²) in [6.45, 7) is 2.50. The second kappa shape index (κ2) is 4.69. The number of rotatable bonds is 5. The lowest BCUT2D eigenvalue weighted by molar-refractivity contribution is 0.111. The highest BCUT2D eigenvalue weighted by Crippen LogP contribution is 2.03. The first-order valence-corrected chi connectivity index (χ1v) is 5.10. The Morgan fingerprint density at radius 3 is 3.12 bits per heavy atom. The van der Waals surface area contributed by atoms with Crippen LogP contribution in [0, 0.1) is 0 Å². The molecule has 0 saturated heterocycles. The van der Waals surface area contributed by atoms with Gasteiger partial charge in [0, 0.05) is 12.6 Å². The van der Waals surface area contributed by atoms with Crippen LogP contribution in [-0.4, -0.2) is 26.0 Å². The van der Waals surface area contributed by atoms with Crippen LogP contribution in [0.2, 0.25) is 0 Å². The maximum Gasteiger partial charge on any atom is 0.246 e. The fourth-order valence-corrected chi connectivity index (χ4v) is 1.36. The van der Waals surface area contributed by atoms with Crippen molar-refractivity contribution in [1.29, 1.82) is 0 Å². The van der Waals surface area contributed by atoms with E-state index in [9.17, 15) is 4.79 Å². The number of imidazole rings is 1. The summed E-state index contributed by atoms with van der Waals surface area (Å²) in [4.78, 5) is 18.5. The number of carbonyl (C=O) groups is 1. The summed E-state index contributed by atoms with van der Waals surface area (Å²) in [5.74, 6) is 1.24. The number of hydrogen-bond acceptors (Lipinski definition) is 5. The third kappa shape index (κ3) is 2.33. The van der Waals surface area contributed by atoms with Crippen LogP contribution in [-0.2, 0) is 13.0 Å². The summed E-state index contributed by atoms with van der Waals surface area (Å²) >= 11 is 0. The number of aryl methyl sites for hydroxylation is 1. The zero-order valence-corrected chi connectivity index (χ0v) is 8.96. The van der Waals surface area contributed by atoms with Crippen LogP contribution in [0.1, 0.15) is 35.5 Å². The second-order valence-corrected chi connectivity index (χ2v) is 3.44. The molecule has 16 heavy (non-hydrogen) atoms. The Morgan fingerprint density at radius 2 is 2.44 bits per heavy atom. The first kappa shape index (κ1) is 10.5. The molecule has 0 aliphatic heterocycles. The van der Waals surface area contributed by atoms with Crippen LogP contribution in [0.15, 0.2) is 17.0 Å². The van der Waals surface area contributed by atoms with Gasteiger partial charge in [-0.15, -0.1) is 0 Å². The van der Waals surface area contributed by atoms with Gasteiger partial charge in [-0.3, -0.25) is 4.79 Å². The first-order valence-electron chi connectivity index (χ1n) is 5.10. The zero-order chi connectivity index (χ0) is 11.4.